The normalized spacial score (nSPS) is 9.81. The second-order valence-corrected chi connectivity index (χ2v) is 3.77. The third-order valence-electron chi connectivity index (χ3n) is 1.83. The van der Waals surface area contributed by atoms with E-state index >= 15 is 0 Å². The summed E-state index contributed by atoms with van der Waals surface area (Å²) in [5, 5.41) is 3.73. The molecule has 0 atom stereocenters. The van der Waals surface area contributed by atoms with E-state index in [1.807, 2.05) is 0 Å². The Balaban J connectivity index is 2.76. The fourth-order valence-electron chi connectivity index (χ4n) is 1.11. The molecule has 16 heavy (non-hydrogen) atoms. The molecule has 0 aromatic carbocycles. The van der Waals surface area contributed by atoms with Crippen LogP contribution >= 0.6 is 11.5 Å². The van der Waals surface area contributed by atoms with Gasteiger partial charge in [-0.1, -0.05) is 6.08 Å². The maximum absolute atomic E-state index is 11.6. The summed E-state index contributed by atoms with van der Waals surface area (Å²) in [6, 6.07) is 0. The molecule has 1 aromatic heterocycles. The zero-order valence-electron chi connectivity index (χ0n) is 9.16. The van der Waals surface area contributed by atoms with E-state index in [1.54, 1.807) is 13.0 Å². The molecule has 1 aromatic rings. The number of nitrogens with one attached hydrogen (secondary N) is 1. The molecule has 0 aliphatic heterocycles. The van der Waals surface area contributed by atoms with Crippen LogP contribution in [-0.2, 0) is 4.74 Å². The average molecular weight is 241 g/mol. The SMILES string of the molecule is C=CCCNc1snc(N)c1C(=O)OCC. The van der Waals surface area contributed by atoms with Crippen LogP contribution in [0.15, 0.2) is 12.7 Å². The van der Waals surface area contributed by atoms with Crippen molar-refractivity contribution in [2.75, 3.05) is 24.2 Å². The van der Waals surface area contributed by atoms with Gasteiger partial charge in [-0.3, -0.25) is 0 Å². The Kier molecular flexibility index (Phi) is 4.78. The lowest BCUT2D eigenvalue weighted by molar-refractivity contribution is 0.0529. The summed E-state index contributed by atoms with van der Waals surface area (Å²) in [4.78, 5) is 11.6. The smallest absolute Gasteiger partial charge is 0.344 e. The van der Waals surface area contributed by atoms with Gasteiger partial charge in [0.2, 0.25) is 0 Å². The van der Waals surface area contributed by atoms with E-state index in [1.165, 1.54) is 0 Å². The average Bonchev–Trinajstić information content (AvgIpc) is 2.61. The highest BCUT2D eigenvalue weighted by Crippen LogP contribution is 2.27. The van der Waals surface area contributed by atoms with E-state index in [0.717, 1.165) is 18.0 Å². The van der Waals surface area contributed by atoms with Gasteiger partial charge in [0.15, 0.2) is 5.82 Å². The summed E-state index contributed by atoms with van der Waals surface area (Å²) >= 11 is 1.16. The summed E-state index contributed by atoms with van der Waals surface area (Å²) in [7, 11) is 0. The highest BCUT2D eigenvalue weighted by Gasteiger charge is 2.19. The summed E-state index contributed by atoms with van der Waals surface area (Å²) < 4.78 is 8.83. The zero-order valence-corrected chi connectivity index (χ0v) is 9.97. The van der Waals surface area contributed by atoms with E-state index in [2.05, 4.69) is 16.3 Å². The molecular weight excluding hydrogens is 226 g/mol. The van der Waals surface area contributed by atoms with Crippen LogP contribution in [-0.4, -0.2) is 23.5 Å². The van der Waals surface area contributed by atoms with Gasteiger partial charge in [-0.25, -0.2) is 4.79 Å². The van der Waals surface area contributed by atoms with Crippen molar-refractivity contribution in [3.8, 4) is 0 Å². The number of hydrogen-bond donors (Lipinski definition) is 2. The Morgan fingerprint density at radius 1 is 1.75 bits per heavy atom. The summed E-state index contributed by atoms with van der Waals surface area (Å²) in [5.74, 6) is -0.223. The van der Waals surface area contributed by atoms with Gasteiger partial charge in [0.1, 0.15) is 10.6 Å². The van der Waals surface area contributed by atoms with Gasteiger partial charge in [-0.15, -0.1) is 6.58 Å². The van der Waals surface area contributed by atoms with Crippen LogP contribution in [0.1, 0.15) is 23.7 Å². The third kappa shape index (κ3) is 2.96. The molecule has 0 bridgehead atoms. The van der Waals surface area contributed by atoms with Crippen molar-refractivity contribution in [3.05, 3.63) is 18.2 Å². The lowest BCUT2D eigenvalue weighted by Gasteiger charge is -2.05. The number of carbonyl (C=O) groups excluding carboxylic acids is 1. The number of nitrogens with two attached hydrogens (primary N) is 1. The van der Waals surface area contributed by atoms with Crippen LogP contribution in [0.5, 0.6) is 0 Å². The molecule has 1 heterocycles. The van der Waals surface area contributed by atoms with Crippen LogP contribution in [0, 0.1) is 0 Å². The molecule has 0 amide bonds. The molecule has 0 aliphatic rings. The molecule has 88 valence electrons. The molecule has 0 saturated carbocycles. The van der Waals surface area contributed by atoms with Crippen molar-refractivity contribution in [1.29, 1.82) is 0 Å². The molecule has 0 unspecified atom stereocenters. The Hall–Kier alpha value is -1.56. The van der Waals surface area contributed by atoms with E-state index in [4.69, 9.17) is 10.5 Å². The second kappa shape index (κ2) is 6.12. The van der Waals surface area contributed by atoms with Crippen LogP contribution in [0.25, 0.3) is 0 Å². The van der Waals surface area contributed by atoms with Gasteiger partial charge in [0.05, 0.1) is 6.61 Å². The van der Waals surface area contributed by atoms with Crippen molar-refractivity contribution in [1.82, 2.24) is 4.37 Å². The number of nitrogens with zero attached hydrogens (tertiary/aromatic N) is 1. The molecule has 0 radical (unpaired) electrons. The molecule has 3 N–H and O–H groups in total. The minimum absolute atomic E-state index is 0.213. The van der Waals surface area contributed by atoms with Crippen LogP contribution in [0.2, 0.25) is 0 Å². The van der Waals surface area contributed by atoms with Crippen LogP contribution < -0.4 is 11.1 Å². The standard InChI is InChI=1S/C10H15N3O2S/c1-3-5-6-12-9-7(8(11)13-16-9)10(14)15-4-2/h3,12H,1,4-6H2,2H3,(H2,11,13). The molecule has 0 fully saturated rings. The van der Waals surface area contributed by atoms with Gasteiger partial charge >= 0.3 is 5.97 Å². The quantitative estimate of drug-likeness (QED) is 0.452. The topological polar surface area (TPSA) is 77.2 Å². The number of rotatable bonds is 6. The summed E-state index contributed by atoms with van der Waals surface area (Å²) in [6.45, 7) is 6.38. The first-order valence-electron chi connectivity index (χ1n) is 4.97. The van der Waals surface area contributed by atoms with Crippen LogP contribution in [0.4, 0.5) is 10.8 Å². The van der Waals surface area contributed by atoms with Gasteiger partial charge < -0.3 is 15.8 Å². The first kappa shape index (κ1) is 12.5. The predicted molar refractivity (Wildman–Crippen MR) is 65.8 cm³/mol. The summed E-state index contributed by atoms with van der Waals surface area (Å²) in [6.07, 6.45) is 2.60. The number of ether oxygens (including phenoxy) is 1. The molecule has 6 heteroatoms. The molecule has 5 nitrogen and oxygen atoms in total. The van der Waals surface area contributed by atoms with Gasteiger partial charge in [0.25, 0.3) is 0 Å². The number of carbonyl (C=O) groups is 1. The predicted octanol–water partition coefficient (Wildman–Crippen LogP) is 1.89. The molecule has 1 rings (SSSR count). The van der Waals surface area contributed by atoms with E-state index < -0.39 is 5.97 Å². The molecule has 0 aliphatic carbocycles. The Morgan fingerprint density at radius 3 is 3.12 bits per heavy atom. The molecule has 0 saturated heterocycles. The molecule has 0 spiro atoms. The third-order valence-corrected chi connectivity index (χ3v) is 2.65. The Bertz CT molecular complexity index is 376. The van der Waals surface area contributed by atoms with Crippen molar-refractivity contribution in [2.24, 2.45) is 0 Å². The van der Waals surface area contributed by atoms with Gasteiger partial charge in [-0.05, 0) is 24.9 Å². The highest BCUT2D eigenvalue weighted by atomic mass is 32.1. The fourth-order valence-corrected chi connectivity index (χ4v) is 1.84. The lowest BCUT2D eigenvalue weighted by Crippen LogP contribution is -2.10. The fraction of sp³-hybridized carbons (Fsp3) is 0.400. The van der Waals surface area contributed by atoms with E-state index in [0.29, 0.717) is 23.7 Å². The minimum atomic E-state index is -0.435. The number of aromatic nitrogens is 1. The van der Waals surface area contributed by atoms with E-state index in [9.17, 15) is 4.79 Å². The monoisotopic (exact) mass is 241 g/mol. The van der Waals surface area contributed by atoms with Gasteiger partial charge in [0, 0.05) is 6.54 Å². The number of anilines is 2. The molecular formula is C10H15N3O2S. The first-order chi connectivity index (χ1) is 7.70. The van der Waals surface area contributed by atoms with Crippen molar-refractivity contribution in [3.63, 3.8) is 0 Å². The van der Waals surface area contributed by atoms with Crippen LogP contribution in [0.3, 0.4) is 0 Å². The van der Waals surface area contributed by atoms with Crippen molar-refractivity contribution in [2.45, 2.75) is 13.3 Å². The minimum Gasteiger partial charge on any atom is -0.462 e. The maximum Gasteiger partial charge on any atom is 0.344 e. The number of hydrogen-bond acceptors (Lipinski definition) is 6. The van der Waals surface area contributed by atoms with Crippen molar-refractivity contribution >= 4 is 28.3 Å². The maximum atomic E-state index is 11.6. The highest BCUT2D eigenvalue weighted by molar-refractivity contribution is 7.11. The van der Waals surface area contributed by atoms with E-state index in [-0.39, 0.29) is 5.82 Å². The zero-order chi connectivity index (χ0) is 12.0. The first-order valence-corrected chi connectivity index (χ1v) is 5.75. The Morgan fingerprint density at radius 2 is 2.50 bits per heavy atom. The number of esters is 1. The summed E-state index contributed by atoms with van der Waals surface area (Å²) in [5.41, 5.74) is 5.94. The largest absolute Gasteiger partial charge is 0.462 e. The van der Waals surface area contributed by atoms with Gasteiger partial charge in [-0.2, -0.15) is 4.37 Å². The second-order valence-electron chi connectivity index (χ2n) is 3.00. The Labute approximate surface area is 98.5 Å². The number of nitrogen functional groups attached to an aromatic ring is 1. The van der Waals surface area contributed by atoms with Crippen molar-refractivity contribution < 1.29 is 9.53 Å². The lowest BCUT2D eigenvalue weighted by atomic mass is 10.3.